The van der Waals surface area contributed by atoms with Crippen LogP contribution in [0.2, 0.25) is 0 Å². The zero-order valence-corrected chi connectivity index (χ0v) is 13.7. The first-order valence-corrected chi connectivity index (χ1v) is 7.16. The van der Waals surface area contributed by atoms with Crippen molar-refractivity contribution in [3.05, 3.63) is 22.2 Å². The van der Waals surface area contributed by atoms with Gasteiger partial charge in [0.05, 0.1) is 30.7 Å². The molecule has 0 aliphatic heterocycles. The molecule has 0 spiro atoms. The van der Waals surface area contributed by atoms with Gasteiger partial charge < -0.3 is 19.9 Å². The Morgan fingerprint density at radius 1 is 1.33 bits per heavy atom. The van der Waals surface area contributed by atoms with Crippen molar-refractivity contribution in [2.45, 2.75) is 25.8 Å². The summed E-state index contributed by atoms with van der Waals surface area (Å²) in [5, 5.41) is 11.5. The fourth-order valence-electron chi connectivity index (χ4n) is 1.83. The van der Waals surface area contributed by atoms with Crippen LogP contribution in [0.25, 0.3) is 0 Å². The minimum atomic E-state index is -0.957. The van der Waals surface area contributed by atoms with Crippen molar-refractivity contribution in [1.82, 2.24) is 5.32 Å². The Labute approximate surface area is 131 Å². The molecular weight excluding hydrogens is 342 g/mol. The number of nitrogens with one attached hydrogen (secondary N) is 1. The SMILES string of the molecule is CCC(CC(=O)O)NC(=O)c1cc(OC)cc(Br)c1OC. The Hall–Kier alpha value is -1.76. The quantitative estimate of drug-likeness (QED) is 0.780. The summed E-state index contributed by atoms with van der Waals surface area (Å²) in [7, 11) is 2.95. The molecule has 21 heavy (non-hydrogen) atoms. The summed E-state index contributed by atoms with van der Waals surface area (Å²) >= 11 is 3.31. The molecule has 0 heterocycles. The number of carbonyl (C=O) groups excluding carboxylic acids is 1. The lowest BCUT2D eigenvalue weighted by Gasteiger charge is -2.17. The smallest absolute Gasteiger partial charge is 0.305 e. The van der Waals surface area contributed by atoms with Gasteiger partial charge in [-0.1, -0.05) is 6.92 Å². The number of carboxylic acid groups (broad SMARTS) is 1. The highest BCUT2D eigenvalue weighted by atomic mass is 79.9. The first-order chi connectivity index (χ1) is 9.92. The topological polar surface area (TPSA) is 84.9 Å². The van der Waals surface area contributed by atoms with Gasteiger partial charge in [-0.2, -0.15) is 0 Å². The average Bonchev–Trinajstić information content (AvgIpc) is 2.44. The van der Waals surface area contributed by atoms with E-state index in [1.165, 1.54) is 14.2 Å². The molecule has 1 amide bonds. The van der Waals surface area contributed by atoms with E-state index < -0.39 is 17.9 Å². The van der Waals surface area contributed by atoms with Gasteiger partial charge >= 0.3 is 5.97 Å². The van der Waals surface area contributed by atoms with Crippen molar-refractivity contribution in [2.24, 2.45) is 0 Å². The van der Waals surface area contributed by atoms with Crippen molar-refractivity contribution >= 4 is 27.8 Å². The molecule has 0 aliphatic carbocycles. The Kier molecular flexibility index (Phi) is 6.48. The summed E-state index contributed by atoms with van der Waals surface area (Å²) in [6, 6.07) is 2.79. The Balaban J connectivity index is 3.05. The number of methoxy groups -OCH3 is 2. The Bertz CT molecular complexity index is 532. The standard InChI is InChI=1S/C14H18BrNO5/c1-4-8(5-12(17)18)16-14(19)10-6-9(20-2)7-11(15)13(10)21-3/h6-8H,4-5H2,1-3H3,(H,16,19)(H,17,18). The van der Waals surface area contributed by atoms with E-state index in [0.29, 0.717) is 22.4 Å². The third kappa shape index (κ3) is 4.63. The summed E-state index contributed by atoms with van der Waals surface area (Å²) in [6.07, 6.45) is 0.390. The van der Waals surface area contributed by atoms with Gasteiger partial charge in [-0.05, 0) is 34.5 Å². The number of hydrogen-bond donors (Lipinski definition) is 2. The van der Waals surface area contributed by atoms with Gasteiger partial charge in [-0.3, -0.25) is 9.59 Å². The highest BCUT2D eigenvalue weighted by Crippen LogP contribution is 2.33. The van der Waals surface area contributed by atoms with Gasteiger partial charge in [0.25, 0.3) is 5.91 Å². The minimum absolute atomic E-state index is 0.129. The fraction of sp³-hybridized carbons (Fsp3) is 0.429. The number of amides is 1. The zero-order valence-electron chi connectivity index (χ0n) is 12.1. The molecule has 0 radical (unpaired) electrons. The number of halogens is 1. The first-order valence-electron chi connectivity index (χ1n) is 6.37. The molecule has 0 saturated carbocycles. The molecule has 6 nitrogen and oxygen atoms in total. The maximum atomic E-state index is 12.3. The largest absolute Gasteiger partial charge is 0.497 e. The van der Waals surface area contributed by atoms with Crippen molar-refractivity contribution in [3.8, 4) is 11.5 Å². The molecule has 116 valence electrons. The maximum Gasteiger partial charge on any atom is 0.305 e. The maximum absolute atomic E-state index is 12.3. The molecule has 0 aromatic heterocycles. The monoisotopic (exact) mass is 359 g/mol. The lowest BCUT2D eigenvalue weighted by molar-refractivity contribution is -0.137. The van der Waals surface area contributed by atoms with Crippen LogP contribution in [0.4, 0.5) is 0 Å². The lowest BCUT2D eigenvalue weighted by Crippen LogP contribution is -2.36. The summed E-state index contributed by atoms with van der Waals surface area (Å²) < 4.78 is 10.9. The lowest BCUT2D eigenvalue weighted by atomic mass is 10.1. The molecule has 0 fully saturated rings. The molecule has 2 N–H and O–H groups in total. The van der Waals surface area contributed by atoms with E-state index in [-0.39, 0.29) is 12.0 Å². The van der Waals surface area contributed by atoms with E-state index in [1.54, 1.807) is 12.1 Å². The van der Waals surface area contributed by atoms with Gasteiger partial charge in [0.2, 0.25) is 0 Å². The molecule has 0 aliphatic rings. The number of ether oxygens (including phenoxy) is 2. The molecule has 7 heteroatoms. The Morgan fingerprint density at radius 3 is 2.48 bits per heavy atom. The van der Waals surface area contributed by atoms with Crippen LogP contribution in [-0.4, -0.2) is 37.2 Å². The summed E-state index contributed by atoms with van der Waals surface area (Å²) in [4.78, 5) is 23.1. The van der Waals surface area contributed by atoms with Crippen LogP contribution in [0.15, 0.2) is 16.6 Å². The van der Waals surface area contributed by atoms with Crippen LogP contribution in [0.1, 0.15) is 30.1 Å². The summed E-state index contributed by atoms with van der Waals surface area (Å²) in [5.74, 6) is -0.488. The molecule has 0 saturated heterocycles. The van der Waals surface area contributed by atoms with Crippen LogP contribution < -0.4 is 14.8 Å². The third-order valence-electron chi connectivity index (χ3n) is 2.95. The van der Waals surface area contributed by atoms with E-state index >= 15 is 0 Å². The number of carboxylic acids is 1. The second-order valence-corrected chi connectivity index (χ2v) is 5.22. The second kappa shape index (κ2) is 7.87. The molecule has 1 atom stereocenters. The normalized spacial score (nSPS) is 11.6. The number of hydrogen-bond acceptors (Lipinski definition) is 4. The molecule has 0 bridgehead atoms. The van der Waals surface area contributed by atoms with Crippen LogP contribution in [0.5, 0.6) is 11.5 Å². The highest BCUT2D eigenvalue weighted by Gasteiger charge is 2.20. The van der Waals surface area contributed by atoms with Crippen molar-refractivity contribution in [1.29, 1.82) is 0 Å². The number of carbonyl (C=O) groups is 2. The predicted octanol–water partition coefficient (Wildman–Crippen LogP) is 2.45. The van der Waals surface area contributed by atoms with Gasteiger partial charge in [0, 0.05) is 6.04 Å². The number of aliphatic carboxylic acids is 1. The van der Waals surface area contributed by atoms with Gasteiger partial charge in [0.1, 0.15) is 11.5 Å². The molecule has 1 unspecified atom stereocenters. The zero-order chi connectivity index (χ0) is 16.0. The molecule has 1 aromatic rings. The van der Waals surface area contributed by atoms with Gasteiger partial charge in [-0.25, -0.2) is 0 Å². The van der Waals surface area contributed by atoms with Crippen LogP contribution in [0.3, 0.4) is 0 Å². The average molecular weight is 360 g/mol. The van der Waals surface area contributed by atoms with Crippen molar-refractivity contribution in [2.75, 3.05) is 14.2 Å². The van der Waals surface area contributed by atoms with Crippen LogP contribution in [0, 0.1) is 0 Å². The van der Waals surface area contributed by atoms with Crippen molar-refractivity contribution < 1.29 is 24.2 Å². The summed E-state index contributed by atoms with van der Waals surface area (Å²) in [5.41, 5.74) is 0.285. The van der Waals surface area contributed by atoms with E-state index in [4.69, 9.17) is 14.6 Å². The number of rotatable bonds is 7. The fourth-order valence-corrected chi connectivity index (χ4v) is 2.43. The summed E-state index contributed by atoms with van der Waals surface area (Å²) in [6.45, 7) is 1.81. The van der Waals surface area contributed by atoms with E-state index in [9.17, 15) is 9.59 Å². The third-order valence-corrected chi connectivity index (χ3v) is 3.54. The second-order valence-electron chi connectivity index (χ2n) is 4.37. The van der Waals surface area contributed by atoms with Crippen LogP contribution in [-0.2, 0) is 4.79 Å². The van der Waals surface area contributed by atoms with Gasteiger partial charge in [-0.15, -0.1) is 0 Å². The highest BCUT2D eigenvalue weighted by molar-refractivity contribution is 9.10. The van der Waals surface area contributed by atoms with E-state index in [2.05, 4.69) is 21.2 Å². The van der Waals surface area contributed by atoms with E-state index in [0.717, 1.165) is 0 Å². The Morgan fingerprint density at radius 2 is 2.00 bits per heavy atom. The molecule has 1 rings (SSSR count). The van der Waals surface area contributed by atoms with E-state index in [1.807, 2.05) is 6.92 Å². The number of benzene rings is 1. The van der Waals surface area contributed by atoms with Crippen LogP contribution >= 0.6 is 15.9 Å². The van der Waals surface area contributed by atoms with Gasteiger partial charge in [0.15, 0.2) is 0 Å². The minimum Gasteiger partial charge on any atom is -0.497 e. The van der Waals surface area contributed by atoms with Crippen molar-refractivity contribution in [3.63, 3.8) is 0 Å². The first kappa shape index (κ1) is 17.3. The molecular formula is C14H18BrNO5. The predicted molar refractivity (Wildman–Crippen MR) is 81.0 cm³/mol. The molecule has 1 aromatic carbocycles.